The van der Waals surface area contributed by atoms with E-state index in [1.165, 1.54) is 31.4 Å². The third kappa shape index (κ3) is 3.60. The number of allylic oxidation sites excluding steroid dienone is 1. The number of carbonyl (C=O) groups is 1. The third-order valence-corrected chi connectivity index (χ3v) is 4.18. The molecule has 1 heterocycles. The van der Waals surface area contributed by atoms with Gasteiger partial charge in [-0.25, -0.2) is 0 Å². The van der Waals surface area contributed by atoms with Crippen molar-refractivity contribution in [3.8, 4) is 28.7 Å². The van der Waals surface area contributed by atoms with Gasteiger partial charge >= 0.3 is 0 Å². The number of fused-ring (bicyclic) bond motifs is 1. The van der Waals surface area contributed by atoms with E-state index in [-0.39, 0.29) is 28.6 Å². The molecule has 0 saturated carbocycles. The van der Waals surface area contributed by atoms with E-state index in [1.54, 1.807) is 24.3 Å². The van der Waals surface area contributed by atoms with Crippen LogP contribution in [0.1, 0.15) is 35.3 Å². The number of methoxy groups -OCH3 is 1. The first-order valence-corrected chi connectivity index (χ1v) is 8.28. The van der Waals surface area contributed by atoms with Crippen molar-refractivity contribution in [2.75, 3.05) is 7.11 Å². The third-order valence-electron chi connectivity index (χ3n) is 4.18. The van der Waals surface area contributed by atoms with Gasteiger partial charge in [-0.2, -0.15) is 0 Å². The molecular weight excluding hydrogens is 348 g/mol. The minimum atomic E-state index is -0.531. The molecule has 0 aromatic heterocycles. The Morgan fingerprint density at radius 2 is 1.89 bits per heavy atom. The van der Waals surface area contributed by atoms with Gasteiger partial charge in [-0.15, -0.1) is 0 Å². The number of aromatic hydroxyl groups is 3. The van der Waals surface area contributed by atoms with E-state index in [0.717, 1.165) is 0 Å². The second kappa shape index (κ2) is 6.72. The average molecular weight is 368 g/mol. The molecule has 0 spiro atoms. The van der Waals surface area contributed by atoms with Crippen molar-refractivity contribution in [1.82, 2.24) is 0 Å². The Labute approximate surface area is 156 Å². The molecule has 6 nitrogen and oxygen atoms in total. The van der Waals surface area contributed by atoms with Crippen LogP contribution in [0.4, 0.5) is 0 Å². The number of ketones is 1. The van der Waals surface area contributed by atoms with E-state index >= 15 is 0 Å². The molecule has 1 aliphatic heterocycles. The molecule has 0 aliphatic carbocycles. The summed E-state index contributed by atoms with van der Waals surface area (Å²) in [5.41, 5.74) is 0.411. The first-order chi connectivity index (χ1) is 12.7. The van der Waals surface area contributed by atoms with Gasteiger partial charge in [0.15, 0.2) is 17.3 Å². The van der Waals surface area contributed by atoms with Crippen LogP contribution in [0, 0.1) is 0 Å². The zero-order chi connectivity index (χ0) is 19.8. The fraction of sp³-hybridized carbons (Fsp3) is 0.190. The highest BCUT2D eigenvalue weighted by atomic mass is 16.5. The van der Waals surface area contributed by atoms with E-state index in [0.29, 0.717) is 16.9 Å². The minimum absolute atomic E-state index is 0.0171. The molecule has 2 aromatic rings. The highest BCUT2D eigenvalue weighted by molar-refractivity contribution is 6.11. The Bertz CT molecular complexity index is 969. The predicted molar refractivity (Wildman–Crippen MR) is 102 cm³/mol. The Morgan fingerprint density at radius 1 is 1.15 bits per heavy atom. The van der Waals surface area contributed by atoms with Crippen LogP contribution in [0.25, 0.3) is 12.2 Å². The molecule has 0 amide bonds. The summed E-state index contributed by atoms with van der Waals surface area (Å²) in [6, 6.07) is 5.76. The Hall–Kier alpha value is -3.41. The molecule has 140 valence electrons. The summed E-state index contributed by atoms with van der Waals surface area (Å²) in [6.45, 7) is 3.76. The predicted octanol–water partition coefficient (Wildman–Crippen LogP) is 3.89. The molecule has 0 bridgehead atoms. The summed E-state index contributed by atoms with van der Waals surface area (Å²) < 4.78 is 11.1. The van der Waals surface area contributed by atoms with Gasteiger partial charge in [-0.05, 0) is 49.8 Å². The lowest BCUT2D eigenvalue weighted by Gasteiger charge is -2.29. The SMILES string of the molecule is COc1cc2c(c(O)c1C(=O)/C=C/c1ccc(O)c(O)c1)C=CC(C)(C)O2. The quantitative estimate of drug-likeness (QED) is 0.430. The summed E-state index contributed by atoms with van der Waals surface area (Å²) >= 11 is 0. The molecular formula is C21H20O6. The van der Waals surface area contributed by atoms with E-state index in [4.69, 9.17) is 9.47 Å². The highest BCUT2D eigenvalue weighted by Crippen LogP contribution is 2.43. The maximum Gasteiger partial charge on any atom is 0.193 e. The first kappa shape index (κ1) is 18.4. The van der Waals surface area contributed by atoms with Gasteiger partial charge in [-0.1, -0.05) is 12.1 Å². The molecule has 3 N–H and O–H groups in total. The Morgan fingerprint density at radius 3 is 2.56 bits per heavy atom. The zero-order valence-corrected chi connectivity index (χ0v) is 15.2. The second-order valence-electron chi connectivity index (χ2n) is 6.70. The van der Waals surface area contributed by atoms with Crippen molar-refractivity contribution in [3.05, 3.63) is 53.1 Å². The first-order valence-electron chi connectivity index (χ1n) is 8.28. The molecule has 0 unspecified atom stereocenters. The Kier molecular flexibility index (Phi) is 4.57. The van der Waals surface area contributed by atoms with E-state index in [9.17, 15) is 20.1 Å². The molecule has 0 fully saturated rings. The van der Waals surface area contributed by atoms with E-state index in [2.05, 4.69) is 0 Å². The van der Waals surface area contributed by atoms with Crippen LogP contribution in [0.15, 0.2) is 36.4 Å². The summed E-state index contributed by atoms with van der Waals surface area (Å²) in [6.07, 6.45) is 6.24. The average Bonchev–Trinajstić information content (AvgIpc) is 2.61. The van der Waals surface area contributed by atoms with Crippen LogP contribution < -0.4 is 9.47 Å². The van der Waals surface area contributed by atoms with Crippen LogP contribution in [-0.2, 0) is 0 Å². The number of hydrogen-bond acceptors (Lipinski definition) is 6. The number of phenolic OH excluding ortho intramolecular Hbond substituents is 3. The van der Waals surface area contributed by atoms with Gasteiger partial charge in [-0.3, -0.25) is 4.79 Å². The van der Waals surface area contributed by atoms with Crippen molar-refractivity contribution >= 4 is 17.9 Å². The highest BCUT2D eigenvalue weighted by Gasteiger charge is 2.28. The minimum Gasteiger partial charge on any atom is -0.506 e. The van der Waals surface area contributed by atoms with E-state index in [1.807, 2.05) is 13.8 Å². The molecule has 0 radical (unpaired) electrons. The number of ether oxygens (including phenoxy) is 2. The normalized spacial score (nSPS) is 14.6. The fourth-order valence-electron chi connectivity index (χ4n) is 2.78. The lowest BCUT2D eigenvalue weighted by atomic mass is 9.97. The molecule has 2 aromatic carbocycles. The molecule has 0 atom stereocenters. The second-order valence-corrected chi connectivity index (χ2v) is 6.70. The van der Waals surface area contributed by atoms with Crippen molar-refractivity contribution in [3.63, 3.8) is 0 Å². The van der Waals surface area contributed by atoms with Crippen molar-refractivity contribution in [2.45, 2.75) is 19.4 Å². The summed E-state index contributed by atoms with van der Waals surface area (Å²) in [7, 11) is 1.41. The molecule has 27 heavy (non-hydrogen) atoms. The van der Waals surface area contributed by atoms with Crippen molar-refractivity contribution in [1.29, 1.82) is 0 Å². The lowest BCUT2D eigenvalue weighted by Crippen LogP contribution is -2.27. The lowest BCUT2D eigenvalue weighted by molar-refractivity contribution is 0.104. The van der Waals surface area contributed by atoms with Gasteiger partial charge in [0.25, 0.3) is 0 Å². The van der Waals surface area contributed by atoms with Gasteiger partial charge in [0, 0.05) is 6.07 Å². The summed E-state index contributed by atoms with van der Waals surface area (Å²) in [5.74, 6) is -0.607. The number of hydrogen-bond donors (Lipinski definition) is 3. The number of benzene rings is 2. The summed E-state index contributed by atoms with van der Waals surface area (Å²) in [5, 5.41) is 29.5. The number of carbonyl (C=O) groups excluding carboxylic acids is 1. The topological polar surface area (TPSA) is 96.2 Å². The fourth-order valence-corrected chi connectivity index (χ4v) is 2.78. The van der Waals surface area contributed by atoms with Gasteiger partial charge in [0.1, 0.15) is 28.4 Å². The molecule has 0 saturated heterocycles. The van der Waals surface area contributed by atoms with Gasteiger partial charge < -0.3 is 24.8 Å². The van der Waals surface area contributed by atoms with E-state index < -0.39 is 11.4 Å². The largest absolute Gasteiger partial charge is 0.506 e. The van der Waals surface area contributed by atoms with Crippen molar-refractivity contribution in [2.24, 2.45) is 0 Å². The van der Waals surface area contributed by atoms with Gasteiger partial charge in [0.05, 0.1) is 12.7 Å². The maximum atomic E-state index is 12.7. The zero-order valence-electron chi connectivity index (χ0n) is 15.2. The molecule has 1 aliphatic rings. The van der Waals surface area contributed by atoms with Crippen molar-refractivity contribution < 1.29 is 29.6 Å². The van der Waals surface area contributed by atoms with Crippen LogP contribution in [0.2, 0.25) is 0 Å². The number of phenols is 3. The van der Waals surface area contributed by atoms with Crippen LogP contribution in [0.5, 0.6) is 28.7 Å². The number of rotatable bonds is 4. The van der Waals surface area contributed by atoms with Crippen LogP contribution in [0.3, 0.4) is 0 Å². The molecule has 6 heteroatoms. The van der Waals surface area contributed by atoms with Crippen LogP contribution >= 0.6 is 0 Å². The smallest absolute Gasteiger partial charge is 0.193 e. The molecule has 3 rings (SSSR count). The standard InChI is InChI=1S/C21H20O6/c1-21(2)9-8-13-17(27-21)11-18(26-3)19(20(13)25)15(23)7-5-12-4-6-14(22)16(24)10-12/h4-11,22,24-25H,1-3H3/b7-5+. The van der Waals surface area contributed by atoms with Crippen LogP contribution in [-0.4, -0.2) is 33.8 Å². The monoisotopic (exact) mass is 368 g/mol. The van der Waals surface area contributed by atoms with Gasteiger partial charge in [0.2, 0.25) is 0 Å². The summed E-state index contributed by atoms with van der Waals surface area (Å²) in [4.78, 5) is 12.7. The maximum absolute atomic E-state index is 12.7. The Balaban J connectivity index is 1.99.